The normalized spacial score (nSPS) is 16.4. The van der Waals surface area contributed by atoms with Crippen LogP contribution in [-0.2, 0) is 0 Å². The molecule has 2 nitrogen and oxygen atoms in total. The van der Waals surface area contributed by atoms with Crippen molar-refractivity contribution >= 4 is 5.84 Å². The number of aliphatic imine (C=N–C) groups is 1. The highest BCUT2D eigenvalue weighted by Gasteiger charge is 2.05. The van der Waals surface area contributed by atoms with Gasteiger partial charge in [0.25, 0.3) is 5.84 Å². The molecule has 0 bridgehead atoms. The quantitative estimate of drug-likeness (QED) is 0.496. The number of nitrogens with one attached hydrogen (secondary N) is 1. The van der Waals surface area contributed by atoms with Gasteiger partial charge in [0, 0.05) is 0 Å². The van der Waals surface area contributed by atoms with Crippen molar-refractivity contribution in [2.24, 2.45) is 0 Å². The molecule has 1 rings (SSSR count). The maximum atomic E-state index is 3.98. The highest BCUT2D eigenvalue weighted by atomic mass is 15.0. The minimum absolute atomic E-state index is 0.993. The Balaban J connectivity index is 2.45. The summed E-state index contributed by atoms with van der Waals surface area (Å²) < 4.78 is 0. The van der Waals surface area contributed by atoms with Crippen LogP contribution in [0.25, 0.3) is 0 Å². The Hall–Kier alpha value is -0.790. The topological polar surface area (TPSA) is 26.1 Å². The predicted molar refractivity (Wildman–Crippen MR) is 29.7 cm³/mol. The van der Waals surface area contributed by atoms with E-state index in [1.165, 1.54) is 0 Å². The zero-order valence-electron chi connectivity index (χ0n) is 4.31. The van der Waals surface area contributed by atoms with Gasteiger partial charge >= 0.3 is 0 Å². The van der Waals surface area contributed by atoms with Gasteiger partial charge < -0.3 is 0 Å². The molecule has 2 heteroatoms. The molecular formula is C5H8N2+. The second-order valence-corrected chi connectivity index (χ2v) is 1.39. The first kappa shape index (κ1) is 4.37. The van der Waals surface area contributed by atoms with Crippen LogP contribution in [0.5, 0.6) is 0 Å². The predicted octanol–water partition coefficient (Wildman–Crippen LogP) is 0.205. The molecule has 7 heavy (non-hydrogen) atoms. The maximum Gasteiger partial charge on any atom is 0.296 e. The third-order valence-electron chi connectivity index (χ3n) is 0.890. The Morgan fingerprint density at radius 2 is 2.71 bits per heavy atom. The first-order chi connectivity index (χ1) is 3.43. The number of rotatable bonds is 1. The second kappa shape index (κ2) is 1.78. The van der Waals surface area contributed by atoms with E-state index in [1.807, 2.05) is 6.20 Å². The standard InChI is InChI=1S/C5H8N2/c1-2-5-6-3-4-7-5/h3-4,6H,2H2,1H3/q+1. The molecule has 0 aromatic rings. The Bertz CT molecular complexity index is 113. The van der Waals surface area contributed by atoms with Gasteiger partial charge in [0.15, 0.2) is 6.20 Å². The summed E-state index contributed by atoms with van der Waals surface area (Å²) in [5.74, 6) is 1.06. The SMILES string of the molecule is CCC1=[N+]C=CN1. The fourth-order valence-electron chi connectivity index (χ4n) is 0.491. The molecule has 0 fully saturated rings. The van der Waals surface area contributed by atoms with Crippen molar-refractivity contribution in [1.29, 1.82) is 0 Å². The lowest BCUT2D eigenvalue weighted by Gasteiger charge is -1.78. The molecule has 0 aromatic carbocycles. The third-order valence-corrected chi connectivity index (χ3v) is 0.890. The van der Waals surface area contributed by atoms with Gasteiger partial charge in [0.05, 0.1) is 6.42 Å². The van der Waals surface area contributed by atoms with E-state index in [2.05, 4.69) is 17.2 Å². The van der Waals surface area contributed by atoms with Crippen molar-refractivity contribution in [1.82, 2.24) is 10.3 Å². The van der Waals surface area contributed by atoms with Crippen LogP contribution in [-0.4, -0.2) is 5.84 Å². The van der Waals surface area contributed by atoms with Crippen molar-refractivity contribution < 1.29 is 0 Å². The fraction of sp³-hybridized carbons (Fsp3) is 0.400. The van der Waals surface area contributed by atoms with E-state index in [9.17, 15) is 0 Å². The summed E-state index contributed by atoms with van der Waals surface area (Å²) >= 11 is 0. The van der Waals surface area contributed by atoms with E-state index in [-0.39, 0.29) is 0 Å². The lowest BCUT2D eigenvalue weighted by Crippen LogP contribution is -2.14. The zero-order valence-corrected chi connectivity index (χ0v) is 4.31. The van der Waals surface area contributed by atoms with Crippen molar-refractivity contribution in [3.05, 3.63) is 12.4 Å². The van der Waals surface area contributed by atoms with Gasteiger partial charge in [-0.25, -0.2) is 5.32 Å². The van der Waals surface area contributed by atoms with E-state index >= 15 is 0 Å². The van der Waals surface area contributed by atoms with Crippen LogP contribution in [0.3, 0.4) is 0 Å². The largest absolute Gasteiger partial charge is 0.296 e. The van der Waals surface area contributed by atoms with Gasteiger partial charge in [-0.3, -0.25) is 0 Å². The summed E-state index contributed by atoms with van der Waals surface area (Å²) in [5.41, 5.74) is 0. The molecule has 0 saturated heterocycles. The van der Waals surface area contributed by atoms with Crippen LogP contribution in [0.4, 0.5) is 0 Å². The van der Waals surface area contributed by atoms with E-state index in [0.717, 1.165) is 12.3 Å². The van der Waals surface area contributed by atoms with Crippen molar-refractivity contribution in [2.45, 2.75) is 13.3 Å². The summed E-state index contributed by atoms with van der Waals surface area (Å²) in [5, 5.41) is 2.98. The van der Waals surface area contributed by atoms with Crippen LogP contribution in [0.1, 0.15) is 13.3 Å². The number of hydrogen-bond acceptors (Lipinski definition) is 2. The number of amidine groups is 1. The maximum absolute atomic E-state index is 3.98. The molecule has 0 atom stereocenters. The van der Waals surface area contributed by atoms with E-state index < -0.39 is 0 Å². The Kier molecular flexibility index (Phi) is 1.11. The van der Waals surface area contributed by atoms with Crippen LogP contribution in [0.15, 0.2) is 12.4 Å². The molecule has 0 amide bonds. The van der Waals surface area contributed by atoms with E-state index in [0.29, 0.717) is 0 Å². The molecule has 0 aliphatic carbocycles. The Labute approximate surface area is 42.9 Å². The number of hydrogen-bond donors (Lipinski definition) is 1. The Morgan fingerprint density at radius 3 is 3.00 bits per heavy atom. The van der Waals surface area contributed by atoms with Crippen molar-refractivity contribution in [3.63, 3.8) is 0 Å². The van der Waals surface area contributed by atoms with E-state index in [4.69, 9.17) is 0 Å². The lowest BCUT2D eigenvalue weighted by atomic mass is 10.4. The molecule has 1 radical (unpaired) electrons. The molecule has 0 spiro atoms. The molecule has 1 aliphatic rings. The van der Waals surface area contributed by atoms with Crippen LogP contribution in [0.2, 0.25) is 0 Å². The average Bonchev–Trinajstić information content (AvgIpc) is 2.14. The van der Waals surface area contributed by atoms with Crippen LogP contribution >= 0.6 is 0 Å². The smallest absolute Gasteiger partial charge is 0.244 e. The average molecular weight is 96.1 g/mol. The highest BCUT2D eigenvalue weighted by molar-refractivity contribution is 5.83. The summed E-state index contributed by atoms with van der Waals surface area (Å²) in [6.07, 6.45) is 4.59. The first-order valence-corrected chi connectivity index (χ1v) is 2.41. The highest BCUT2D eigenvalue weighted by Crippen LogP contribution is 1.80. The molecule has 1 N–H and O–H groups in total. The summed E-state index contributed by atoms with van der Waals surface area (Å²) in [4.78, 5) is 3.98. The molecule has 0 unspecified atom stereocenters. The molecule has 1 heterocycles. The van der Waals surface area contributed by atoms with Gasteiger partial charge in [-0.05, 0) is 0 Å². The fourth-order valence-corrected chi connectivity index (χ4v) is 0.491. The summed E-state index contributed by atoms with van der Waals surface area (Å²) in [6.45, 7) is 2.07. The minimum atomic E-state index is 0.993. The first-order valence-electron chi connectivity index (χ1n) is 2.41. The zero-order chi connectivity index (χ0) is 5.11. The summed E-state index contributed by atoms with van der Waals surface area (Å²) in [7, 11) is 0. The van der Waals surface area contributed by atoms with E-state index in [1.54, 1.807) is 6.20 Å². The van der Waals surface area contributed by atoms with Crippen molar-refractivity contribution in [3.8, 4) is 0 Å². The van der Waals surface area contributed by atoms with Gasteiger partial charge in [-0.2, -0.15) is 0 Å². The molecule has 1 aliphatic heterocycles. The van der Waals surface area contributed by atoms with Crippen LogP contribution in [0, 0.1) is 0 Å². The molecule has 0 aromatic heterocycles. The summed E-state index contributed by atoms with van der Waals surface area (Å²) in [6, 6.07) is 0. The molecule has 0 saturated carbocycles. The molecular weight excluding hydrogens is 88.1 g/mol. The van der Waals surface area contributed by atoms with Crippen molar-refractivity contribution in [2.75, 3.05) is 0 Å². The third kappa shape index (κ3) is 0.796. The second-order valence-electron chi connectivity index (χ2n) is 1.39. The minimum Gasteiger partial charge on any atom is -0.244 e. The Morgan fingerprint density at radius 1 is 1.86 bits per heavy atom. The van der Waals surface area contributed by atoms with Gasteiger partial charge in [0.1, 0.15) is 6.20 Å². The number of nitrogens with zero attached hydrogens (tertiary/aromatic N) is 1. The van der Waals surface area contributed by atoms with Gasteiger partial charge in [-0.15, -0.1) is 0 Å². The van der Waals surface area contributed by atoms with Crippen LogP contribution < -0.4 is 10.3 Å². The monoisotopic (exact) mass is 96.1 g/mol. The van der Waals surface area contributed by atoms with Gasteiger partial charge in [-0.1, -0.05) is 11.9 Å². The lowest BCUT2D eigenvalue weighted by molar-refractivity contribution is 1.15. The van der Waals surface area contributed by atoms with Gasteiger partial charge in [0.2, 0.25) is 0 Å². The molecule has 37 valence electrons.